The SMILES string of the molecule is CCC(CC1CC1)NC(=O)N1CCC(C)CC1. The summed E-state index contributed by atoms with van der Waals surface area (Å²) in [6, 6.07) is 0.568. The third kappa shape index (κ3) is 3.90. The third-order valence-corrected chi connectivity index (χ3v) is 4.21. The van der Waals surface area contributed by atoms with Gasteiger partial charge in [-0.25, -0.2) is 4.79 Å². The van der Waals surface area contributed by atoms with Crippen LogP contribution in [0.5, 0.6) is 0 Å². The van der Waals surface area contributed by atoms with Crippen molar-refractivity contribution in [2.45, 2.75) is 58.4 Å². The van der Waals surface area contributed by atoms with Crippen molar-refractivity contribution >= 4 is 6.03 Å². The molecule has 1 saturated heterocycles. The molecule has 1 aliphatic carbocycles. The number of hydrogen-bond donors (Lipinski definition) is 1. The van der Waals surface area contributed by atoms with Crippen LogP contribution in [0.2, 0.25) is 0 Å². The van der Waals surface area contributed by atoms with Gasteiger partial charge in [-0.3, -0.25) is 0 Å². The molecule has 0 aromatic carbocycles. The van der Waals surface area contributed by atoms with Gasteiger partial charge in [0, 0.05) is 19.1 Å². The predicted octanol–water partition coefficient (Wildman–Crippen LogP) is 3.01. The van der Waals surface area contributed by atoms with Gasteiger partial charge in [-0.05, 0) is 37.5 Å². The molecule has 1 atom stereocenters. The highest BCUT2D eigenvalue weighted by atomic mass is 16.2. The largest absolute Gasteiger partial charge is 0.335 e. The van der Waals surface area contributed by atoms with Crippen molar-refractivity contribution in [2.24, 2.45) is 11.8 Å². The maximum atomic E-state index is 12.1. The molecule has 17 heavy (non-hydrogen) atoms. The van der Waals surface area contributed by atoms with Crippen molar-refractivity contribution in [1.29, 1.82) is 0 Å². The summed E-state index contributed by atoms with van der Waals surface area (Å²) in [4.78, 5) is 14.1. The van der Waals surface area contributed by atoms with Gasteiger partial charge in [0.25, 0.3) is 0 Å². The minimum atomic E-state index is 0.171. The molecule has 98 valence electrons. The molecule has 0 spiro atoms. The van der Waals surface area contributed by atoms with Crippen molar-refractivity contribution < 1.29 is 4.79 Å². The maximum Gasteiger partial charge on any atom is 0.317 e. The summed E-state index contributed by atoms with van der Waals surface area (Å²) in [6.45, 7) is 6.32. The lowest BCUT2D eigenvalue weighted by Crippen LogP contribution is -2.47. The molecule has 1 unspecified atom stereocenters. The summed E-state index contributed by atoms with van der Waals surface area (Å²) in [5, 5.41) is 3.21. The summed E-state index contributed by atoms with van der Waals surface area (Å²) in [7, 11) is 0. The molecule has 1 saturated carbocycles. The van der Waals surface area contributed by atoms with E-state index in [0.717, 1.165) is 44.2 Å². The zero-order valence-electron chi connectivity index (χ0n) is 11.2. The zero-order chi connectivity index (χ0) is 12.3. The van der Waals surface area contributed by atoms with Gasteiger partial charge >= 0.3 is 6.03 Å². The van der Waals surface area contributed by atoms with Crippen LogP contribution in [-0.4, -0.2) is 30.1 Å². The van der Waals surface area contributed by atoms with E-state index < -0.39 is 0 Å². The standard InChI is InChI=1S/C14H26N2O/c1-3-13(10-12-4-5-12)15-14(17)16-8-6-11(2)7-9-16/h11-13H,3-10H2,1-2H3,(H,15,17). The van der Waals surface area contributed by atoms with E-state index >= 15 is 0 Å². The molecular formula is C14H26N2O. The van der Waals surface area contributed by atoms with E-state index in [1.165, 1.54) is 19.3 Å². The first-order valence-corrected chi connectivity index (χ1v) is 7.24. The fourth-order valence-corrected chi connectivity index (χ4v) is 2.56. The number of hydrogen-bond acceptors (Lipinski definition) is 1. The number of rotatable bonds is 4. The molecule has 3 nitrogen and oxygen atoms in total. The number of piperidine rings is 1. The lowest BCUT2D eigenvalue weighted by molar-refractivity contribution is 0.169. The van der Waals surface area contributed by atoms with E-state index in [4.69, 9.17) is 0 Å². The van der Waals surface area contributed by atoms with Crippen LogP contribution < -0.4 is 5.32 Å². The highest BCUT2D eigenvalue weighted by Crippen LogP contribution is 2.34. The topological polar surface area (TPSA) is 32.3 Å². The van der Waals surface area contributed by atoms with Gasteiger partial charge in [-0.1, -0.05) is 26.7 Å². The summed E-state index contributed by atoms with van der Waals surface area (Å²) >= 11 is 0. The fourth-order valence-electron chi connectivity index (χ4n) is 2.56. The predicted molar refractivity (Wildman–Crippen MR) is 69.9 cm³/mol. The molecule has 1 heterocycles. The Balaban J connectivity index is 1.74. The van der Waals surface area contributed by atoms with Crippen LogP contribution in [0.25, 0.3) is 0 Å². The minimum absolute atomic E-state index is 0.171. The third-order valence-electron chi connectivity index (χ3n) is 4.21. The maximum absolute atomic E-state index is 12.1. The molecule has 0 radical (unpaired) electrons. The lowest BCUT2D eigenvalue weighted by Gasteiger charge is -2.31. The van der Waals surface area contributed by atoms with Crippen molar-refractivity contribution in [1.82, 2.24) is 10.2 Å². The highest BCUT2D eigenvalue weighted by Gasteiger charge is 2.27. The Hall–Kier alpha value is -0.730. The first kappa shape index (κ1) is 12.7. The Labute approximate surface area is 105 Å². The van der Waals surface area contributed by atoms with Crippen LogP contribution in [0, 0.1) is 11.8 Å². The van der Waals surface area contributed by atoms with Crippen molar-refractivity contribution in [3.05, 3.63) is 0 Å². The summed E-state index contributed by atoms with van der Waals surface area (Å²) < 4.78 is 0. The van der Waals surface area contributed by atoms with E-state index in [0.29, 0.717) is 6.04 Å². The Morgan fingerprint density at radius 3 is 2.47 bits per heavy atom. The van der Waals surface area contributed by atoms with Crippen LogP contribution in [0.15, 0.2) is 0 Å². The molecule has 2 amide bonds. The van der Waals surface area contributed by atoms with Crippen molar-refractivity contribution in [3.8, 4) is 0 Å². The number of nitrogens with one attached hydrogen (secondary N) is 1. The van der Waals surface area contributed by atoms with Gasteiger partial charge in [0.15, 0.2) is 0 Å². The molecule has 2 aliphatic rings. The normalized spacial score (nSPS) is 23.5. The van der Waals surface area contributed by atoms with Crippen LogP contribution in [-0.2, 0) is 0 Å². The lowest BCUT2D eigenvalue weighted by atomic mass is 9.99. The molecule has 3 heteroatoms. The quantitative estimate of drug-likeness (QED) is 0.802. The van der Waals surface area contributed by atoms with Crippen molar-refractivity contribution in [2.75, 3.05) is 13.1 Å². The molecule has 1 aliphatic heterocycles. The first-order chi connectivity index (χ1) is 8.19. The summed E-state index contributed by atoms with van der Waals surface area (Å²) in [5.41, 5.74) is 0. The Bertz CT molecular complexity index is 255. The van der Waals surface area contributed by atoms with E-state index in [-0.39, 0.29) is 6.03 Å². The molecule has 0 aromatic rings. The molecule has 1 N–H and O–H groups in total. The second-order valence-electron chi connectivity index (χ2n) is 5.90. The molecule has 0 bridgehead atoms. The molecule has 2 rings (SSSR count). The number of carbonyl (C=O) groups excluding carboxylic acids is 1. The van der Waals surface area contributed by atoms with Crippen LogP contribution in [0.4, 0.5) is 4.79 Å². The Kier molecular flexibility index (Phi) is 4.30. The van der Waals surface area contributed by atoms with Crippen LogP contribution >= 0.6 is 0 Å². The van der Waals surface area contributed by atoms with Gasteiger partial charge < -0.3 is 10.2 Å². The van der Waals surface area contributed by atoms with E-state index in [2.05, 4.69) is 19.2 Å². The number of carbonyl (C=O) groups is 1. The zero-order valence-corrected chi connectivity index (χ0v) is 11.2. The second-order valence-corrected chi connectivity index (χ2v) is 5.90. The average molecular weight is 238 g/mol. The fraction of sp³-hybridized carbons (Fsp3) is 0.929. The first-order valence-electron chi connectivity index (χ1n) is 7.24. The Morgan fingerprint density at radius 1 is 1.29 bits per heavy atom. The van der Waals surface area contributed by atoms with Gasteiger partial charge in [0.05, 0.1) is 0 Å². The second kappa shape index (κ2) is 5.74. The van der Waals surface area contributed by atoms with E-state index in [9.17, 15) is 4.79 Å². The number of amides is 2. The van der Waals surface area contributed by atoms with Crippen molar-refractivity contribution in [3.63, 3.8) is 0 Å². The summed E-state index contributed by atoms with van der Waals surface area (Å²) in [5.74, 6) is 1.68. The number of urea groups is 1. The Morgan fingerprint density at radius 2 is 1.94 bits per heavy atom. The smallest absolute Gasteiger partial charge is 0.317 e. The monoisotopic (exact) mass is 238 g/mol. The highest BCUT2D eigenvalue weighted by molar-refractivity contribution is 5.74. The number of nitrogens with zero attached hydrogens (tertiary/aromatic N) is 1. The number of likely N-dealkylation sites (tertiary alicyclic amines) is 1. The van der Waals surface area contributed by atoms with E-state index in [1.54, 1.807) is 0 Å². The molecular weight excluding hydrogens is 212 g/mol. The van der Waals surface area contributed by atoms with Gasteiger partial charge in [0.2, 0.25) is 0 Å². The summed E-state index contributed by atoms with van der Waals surface area (Å²) in [6.07, 6.45) is 7.31. The van der Waals surface area contributed by atoms with Crippen LogP contribution in [0.3, 0.4) is 0 Å². The van der Waals surface area contributed by atoms with E-state index in [1.807, 2.05) is 4.90 Å². The van der Waals surface area contributed by atoms with Crippen LogP contribution in [0.1, 0.15) is 52.4 Å². The average Bonchev–Trinajstić information content (AvgIpc) is 3.13. The van der Waals surface area contributed by atoms with Gasteiger partial charge in [-0.2, -0.15) is 0 Å². The minimum Gasteiger partial charge on any atom is -0.335 e. The van der Waals surface area contributed by atoms with Gasteiger partial charge in [0.1, 0.15) is 0 Å². The molecule has 0 aromatic heterocycles. The molecule has 2 fully saturated rings. The van der Waals surface area contributed by atoms with Gasteiger partial charge in [-0.15, -0.1) is 0 Å².